The third-order valence-electron chi connectivity index (χ3n) is 4.71. The summed E-state index contributed by atoms with van der Waals surface area (Å²) in [5.41, 5.74) is 0.827. The van der Waals surface area contributed by atoms with Crippen LogP contribution >= 0.6 is 0 Å². The SMILES string of the molecule is CCCCCc1ccc(Nc2ncc(C(F)(F)F)c(Nc3ccc([N+](=O)[O-])cc3)n2)cc1. The standard InChI is InChI=1S/C22H22F3N5O2/c1-2-3-4-5-15-6-8-17(9-7-15)28-21-26-14-19(22(23,24)25)20(29-21)27-16-10-12-18(13-11-16)30(31)32/h6-14H,2-5H2,1H3,(H2,26,27,28,29). The number of hydrogen-bond donors (Lipinski definition) is 2. The highest BCUT2D eigenvalue weighted by molar-refractivity contribution is 5.63. The highest BCUT2D eigenvalue weighted by atomic mass is 19.4. The van der Waals surface area contributed by atoms with E-state index >= 15 is 0 Å². The second-order valence-corrected chi connectivity index (χ2v) is 7.16. The Labute approximate surface area is 182 Å². The highest BCUT2D eigenvalue weighted by Gasteiger charge is 2.35. The summed E-state index contributed by atoms with van der Waals surface area (Å²) in [5.74, 6) is -0.471. The first kappa shape index (κ1) is 23.0. The Morgan fingerprint density at radius 1 is 0.969 bits per heavy atom. The van der Waals surface area contributed by atoms with Crippen LogP contribution in [0.3, 0.4) is 0 Å². The molecular weight excluding hydrogens is 423 g/mol. The molecule has 2 N–H and O–H groups in total. The largest absolute Gasteiger partial charge is 0.421 e. The van der Waals surface area contributed by atoms with Crippen molar-refractivity contribution in [1.82, 2.24) is 9.97 Å². The zero-order valence-corrected chi connectivity index (χ0v) is 17.3. The molecule has 0 atom stereocenters. The van der Waals surface area contributed by atoms with E-state index in [0.717, 1.165) is 25.7 Å². The average Bonchev–Trinajstić information content (AvgIpc) is 2.75. The van der Waals surface area contributed by atoms with Crippen LogP contribution in [0.2, 0.25) is 0 Å². The normalized spacial score (nSPS) is 11.2. The second-order valence-electron chi connectivity index (χ2n) is 7.16. The van der Waals surface area contributed by atoms with Crippen molar-refractivity contribution in [2.24, 2.45) is 0 Å². The summed E-state index contributed by atoms with van der Waals surface area (Å²) in [6.45, 7) is 2.14. The number of nitrogens with zero attached hydrogens (tertiary/aromatic N) is 3. The number of unbranched alkanes of at least 4 members (excludes halogenated alkanes) is 2. The number of nitrogens with one attached hydrogen (secondary N) is 2. The molecule has 7 nitrogen and oxygen atoms in total. The van der Waals surface area contributed by atoms with E-state index in [-0.39, 0.29) is 17.3 Å². The van der Waals surface area contributed by atoms with Crippen LogP contribution in [0.15, 0.2) is 54.7 Å². The van der Waals surface area contributed by atoms with Gasteiger partial charge in [0.2, 0.25) is 5.95 Å². The van der Waals surface area contributed by atoms with E-state index < -0.39 is 22.5 Å². The van der Waals surface area contributed by atoms with Crippen LogP contribution in [0.25, 0.3) is 0 Å². The van der Waals surface area contributed by atoms with Crippen molar-refractivity contribution in [2.45, 2.75) is 38.8 Å². The fourth-order valence-electron chi connectivity index (χ4n) is 3.01. The predicted molar refractivity (Wildman–Crippen MR) is 116 cm³/mol. The molecule has 0 saturated heterocycles. The Hall–Kier alpha value is -3.69. The average molecular weight is 445 g/mol. The van der Waals surface area contributed by atoms with Crippen molar-refractivity contribution >= 4 is 28.8 Å². The Morgan fingerprint density at radius 2 is 1.59 bits per heavy atom. The lowest BCUT2D eigenvalue weighted by atomic mass is 10.1. The minimum absolute atomic E-state index is 0.0128. The number of anilines is 4. The molecule has 32 heavy (non-hydrogen) atoms. The molecule has 0 spiro atoms. The van der Waals surface area contributed by atoms with Gasteiger partial charge in [-0.15, -0.1) is 0 Å². The first-order valence-electron chi connectivity index (χ1n) is 10.1. The monoisotopic (exact) mass is 445 g/mol. The van der Waals surface area contributed by atoms with E-state index in [1.807, 2.05) is 24.3 Å². The molecule has 0 aliphatic rings. The van der Waals surface area contributed by atoms with Crippen LogP contribution in [0.1, 0.15) is 37.3 Å². The van der Waals surface area contributed by atoms with Gasteiger partial charge < -0.3 is 10.6 Å². The van der Waals surface area contributed by atoms with E-state index in [0.29, 0.717) is 11.9 Å². The van der Waals surface area contributed by atoms with Crippen LogP contribution < -0.4 is 10.6 Å². The van der Waals surface area contributed by atoms with Gasteiger partial charge in [0.05, 0.1) is 4.92 Å². The first-order chi connectivity index (χ1) is 15.3. The van der Waals surface area contributed by atoms with Gasteiger partial charge in [-0.1, -0.05) is 31.9 Å². The molecule has 0 unspecified atom stereocenters. The summed E-state index contributed by atoms with van der Waals surface area (Å²) >= 11 is 0. The smallest absolute Gasteiger partial charge is 0.340 e. The molecule has 0 aliphatic heterocycles. The summed E-state index contributed by atoms with van der Waals surface area (Å²) < 4.78 is 40.3. The van der Waals surface area contributed by atoms with Crippen LogP contribution in [0.4, 0.5) is 42.0 Å². The van der Waals surface area contributed by atoms with Crippen molar-refractivity contribution in [3.8, 4) is 0 Å². The summed E-state index contributed by atoms with van der Waals surface area (Å²) in [6, 6.07) is 12.6. The fraction of sp³-hybridized carbons (Fsp3) is 0.273. The molecule has 10 heteroatoms. The molecule has 0 saturated carbocycles. The van der Waals surface area contributed by atoms with Crippen LogP contribution in [-0.2, 0) is 12.6 Å². The molecule has 0 radical (unpaired) electrons. The number of benzene rings is 2. The first-order valence-corrected chi connectivity index (χ1v) is 10.1. The summed E-state index contributed by atoms with van der Waals surface area (Å²) in [7, 11) is 0. The number of hydrogen-bond acceptors (Lipinski definition) is 6. The number of nitro groups is 1. The van der Waals surface area contributed by atoms with E-state index in [9.17, 15) is 23.3 Å². The molecule has 168 valence electrons. The Morgan fingerprint density at radius 3 is 2.19 bits per heavy atom. The molecule has 1 heterocycles. The summed E-state index contributed by atoms with van der Waals surface area (Å²) in [6.07, 6.45) is 0.381. The zero-order chi connectivity index (χ0) is 23.1. The van der Waals surface area contributed by atoms with Crippen LogP contribution in [-0.4, -0.2) is 14.9 Å². The second kappa shape index (κ2) is 10.1. The lowest BCUT2D eigenvalue weighted by Gasteiger charge is -2.15. The number of aryl methyl sites for hydroxylation is 1. The number of alkyl halides is 3. The van der Waals surface area contributed by atoms with E-state index in [2.05, 4.69) is 27.5 Å². The molecule has 0 bridgehead atoms. The number of nitro benzene ring substituents is 1. The summed E-state index contributed by atoms with van der Waals surface area (Å²) in [4.78, 5) is 18.0. The maximum Gasteiger partial charge on any atom is 0.421 e. The van der Waals surface area contributed by atoms with Gasteiger partial charge in [0.1, 0.15) is 11.4 Å². The van der Waals surface area contributed by atoms with Crippen molar-refractivity contribution in [2.75, 3.05) is 10.6 Å². The fourth-order valence-corrected chi connectivity index (χ4v) is 3.01. The van der Waals surface area contributed by atoms with Crippen LogP contribution in [0.5, 0.6) is 0 Å². The highest BCUT2D eigenvalue weighted by Crippen LogP contribution is 2.35. The molecule has 2 aromatic carbocycles. The maximum atomic E-state index is 13.4. The minimum atomic E-state index is -4.68. The van der Waals surface area contributed by atoms with Gasteiger partial charge in [-0.05, 0) is 42.7 Å². The van der Waals surface area contributed by atoms with Gasteiger partial charge in [-0.2, -0.15) is 18.2 Å². The molecule has 3 rings (SSSR count). The predicted octanol–water partition coefficient (Wildman–Crippen LogP) is 6.62. The van der Waals surface area contributed by atoms with E-state index in [4.69, 9.17) is 0 Å². The quantitative estimate of drug-likeness (QED) is 0.218. The van der Waals surface area contributed by atoms with E-state index in [1.54, 1.807) is 0 Å². The third kappa shape index (κ3) is 6.16. The molecule has 0 aliphatic carbocycles. The van der Waals surface area contributed by atoms with Gasteiger partial charge in [0.25, 0.3) is 5.69 Å². The van der Waals surface area contributed by atoms with Gasteiger partial charge in [0.15, 0.2) is 0 Å². The lowest BCUT2D eigenvalue weighted by Crippen LogP contribution is -2.12. The van der Waals surface area contributed by atoms with E-state index in [1.165, 1.54) is 29.8 Å². The van der Waals surface area contributed by atoms with Gasteiger partial charge in [-0.3, -0.25) is 10.1 Å². The van der Waals surface area contributed by atoms with Gasteiger partial charge in [0, 0.05) is 29.7 Å². The topological polar surface area (TPSA) is 93.0 Å². The number of aromatic nitrogens is 2. The zero-order valence-electron chi connectivity index (χ0n) is 17.3. The Kier molecular flexibility index (Phi) is 7.24. The molecule has 0 fully saturated rings. The third-order valence-corrected chi connectivity index (χ3v) is 4.71. The summed E-state index contributed by atoms with van der Waals surface area (Å²) in [5, 5.41) is 16.3. The Balaban J connectivity index is 1.80. The molecule has 3 aromatic rings. The van der Waals surface area contributed by atoms with Gasteiger partial charge >= 0.3 is 6.18 Å². The minimum Gasteiger partial charge on any atom is -0.340 e. The maximum absolute atomic E-state index is 13.4. The molecular formula is C22H22F3N5O2. The number of non-ortho nitro benzene ring substituents is 1. The van der Waals surface area contributed by atoms with Crippen molar-refractivity contribution in [3.05, 3.63) is 76.0 Å². The van der Waals surface area contributed by atoms with Crippen LogP contribution in [0, 0.1) is 10.1 Å². The van der Waals surface area contributed by atoms with Crippen molar-refractivity contribution in [1.29, 1.82) is 0 Å². The Bertz CT molecular complexity index is 1050. The van der Waals surface area contributed by atoms with Gasteiger partial charge in [-0.25, -0.2) is 4.98 Å². The lowest BCUT2D eigenvalue weighted by molar-refractivity contribution is -0.384. The van der Waals surface area contributed by atoms with Crippen molar-refractivity contribution < 1.29 is 18.1 Å². The molecule has 1 aromatic heterocycles. The number of halogens is 3. The number of rotatable bonds is 9. The molecule has 0 amide bonds. The van der Waals surface area contributed by atoms with Crippen molar-refractivity contribution in [3.63, 3.8) is 0 Å².